The van der Waals surface area contributed by atoms with Gasteiger partial charge in [0, 0.05) is 30.4 Å². The molecule has 24 heavy (non-hydrogen) atoms. The molecule has 1 amide bonds. The molecule has 0 N–H and O–H groups in total. The summed E-state index contributed by atoms with van der Waals surface area (Å²) in [6.07, 6.45) is 1.04. The molecule has 0 heterocycles. The second-order valence-corrected chi connectivity index (χ2v) is 8.11. The van der Waals surface area contributed by atoms with Crippen LogP contribution in [0.2, 0.25) is 10.0 Å². The van der Waals surface area contributed by atoms with Gasteiger partial charge >= 0.3 is 0 Å². The topological polar surface area (TPSA) is 54.5 Å². The molecular weight excluding hydrogens is 376 g/mol. The molecule has 0 bridgehead atoms. The summed E-state index contributed by atoms with van der Waals surface area (Å²) < 4.78 is 37.1. The van der Waals surface area contributed by atoms with Gasteiger partial charge in [0.25, 0.3) is 5.91 Å². The minimum absolute atomic E-state index is 0.0208. The second kappa shape index (κ2) is 7.09. The third-order valence-corrected chi connectivity index (χ3v) is 5.19. The first-order chi connectivity index (χ1) is 11.1. The van der Waals surface area contributed by atoms with Gasteiger partial charge in [-0.05, 0) is 30.3 Å². The number of sulfone groups is 1. The van der Waals surface area contributed by atoms with Crippen molar-refractivity contribution in [2.24, 2.45) is 0 Å². The average Bonchev–Trinajstić information content (AvgIpc) is 2.49. The summed E-state index contributed by atoms with van der Waals surface area (Å²) in [7, 11) is -2.03. The lowest BCUT2D eigenvalue weighted by Crippen LogP contribution is -2.27. The predicted octanol–water partition coefficient (Wildman–Crippen LogP) is 3.81. The van der Waals surface area contributed by atoms with Gasteiger partial charge in [0.2, 0.25) is 0 Å². The number of carbonyl (C=O) groups excluding carboxylic acids is 1. The van der Waals surface area contributed by atoms with Crippen molar-refractivity contribution in [3.05, 3.63) is 63.4 Å². The van der Waals surface area contributed by atoms with Crippen LogP contribution < -0.4 is 0 Å². The van der Waals surface area contributed by atoms with Crippen LogP contribution in [-0.2, 0) is 16.4 Å². The molecular formula is C16H14Cl2FNO3S. The molecule has 0 aliphatic carbocycles. The van der Waals surface area contributed by atoms with E-state index in [0.29, 0.717) is 0 Å². The summed E-state index contributed by atoms with van der Waals surface area (Å²) >= 11 is 12.0. The van der Waals surface area contributed by atoms with Crippen LogP contribution >= 0.6 is 23.2 Å². The summed E-state index contributed by atoms with van der Waals surface area (Å²) in [5, 5.41) is 0.310. The van der Waals surface area contributed by atoms with E-state index in [2.05, 4.69) is 0 Å². The first kappa shape index (κ1) is 18.7. The molecule has 0 unspecified atom stereocenters. The first-order valence-corrected chi connectivity index (χ1v) is 9.44. The fraction of sp³-hybridized carbons (Fsp3) is 0.188. The average molecular weight is 390 g/mol. The Morgan fingerprint density at radius 3 is 2.42 bits per heavy atom. The third kappa shape index (κ3) is 4.06. The van der Waals surface area contributed by atoms with E-state index >= 15 is 0 Å². The van der Waals surface area contributed by atoms with E-state index in [9.17, 15) is 17.6 Å². The molecule has 0 aromatic heterocycles. The zero-order valence-corrected chi connectivity index (χ0v) is 15.2. The highest BCUT2D eigenvalue weighted by Crippen LogP contribution is 2.24. The van der Waals surface area contributed by atoms with Gasteiger partial charge in [0.1, 0.15) is 5.82 Å². The van der Waals surface area contributed by atoms with Gasteiger partial charge in [-0.15, -0.1) is 0 Å². The second-order valence-electron chi connectivity index (χ2n) is 5.28. The Balaban J connectivity index is 2.35. The highest BCUT2D eigenvalue weighted by atomic mass is 35.5. The van der Waals surface area contributed by atoms with Crippen molar-refractivity contribution >= 4 is 38.9 Å². The fourth-order valence-corrected chi connectivity index (χ4v) is 3.17. The molecule has 0 spiro atoms. The standard InChI is InChI=1S/C16H14Cl2FNO3S/c1-20(9-12-13(17)4-3-5-15(12)19)16(21)11-8-10(24(2,22)23)6-7-14(11)18/h3-8H,9H2,1-2H3. The molecule has 8 heteroatoms. The summed E-state index contributed by atoms with van der Waals surface area (Å²) in [5.41, 5.74) is 0.194. The molecule has 2 rings (SSSR count). The Kier molecular flexibility index (Phi) is 5.52. The fourth-order valence-electron chi connectivity index (χ4n) is 2.10. The predicted molar refractivity (Wildman–Crippen MR) is 91.8 cm³/mol. The van der Waals surface area contributed by atoms with E-state index in [1.165, 1.54) is 48.3 Å². The Morgan fingerprint density at radius 2 is 1.83 bits per heavy atom. The van der Waals surface area contributed by atoms with Crippen molar-refractivity contribution < 1.29 is 17.6 Å². The van der Waals surface area contributed by atoms with Crippen LogP contribution in [0, 0.1) is 5.82 Å². The number of hydrogen-bond donors (Lipinski definition) is 0. The zero-order chi connectivity index (χ0) is 18.1. The molecule has 2 aromatic rings. The zero-order valence-electron chi connectivity index (χ0n) is 12.9. The number of hydrogen-bond acceptors (Lipinski definition) is 3. The van der Waals surface area contributed by atoms with Crippen LogP contribution in [0.3, 0.4) is 0 Å². The van der Waals surface area contributed by atoms with E-state index in [1.807, 2.05) is 0 Å². The van der Waals surface area contributed by atoms with E-state index in [-0.39, 0.29) is 32.6 Å². The highest BCUT2D eigenvalue weighted by molar-refractivity contribution is 7.90. The van der Waals surface area contributed by atoms with Gasteiger partial charge in [-0.3, -0.25) is 4.79 Å². The molecule has 0 saturated carbocycles. The lowest BCUT2D eigenvalue weighted by atomic mass is 10.1. The number of benzene rings is 2. The Hall–Kier alpha value is -1.63. The van der Waals surface area contributed by atoms with E-state index in [4.69, 9.17) is 23.2 Å². The number of rotatable bonds is 4. The molecule has 0 radical (unpaired) electrons. The minimum Gasteiger partial charge on any atom is -0.337 e. The first-order valence-electron chi connectivity index (χ1n) is 6.79. The summed E-state index contributed by atoms with van der Waals surface area (Å²) in [4.78, 5) is 13.8. The Labute approximate surface area is 149 Å². The van der Waals surface area contributed by atoms with Gasteiger partial charge < -0.3 is 4.90 Å². The molecule has 4 nitrogen and oxygen atoms in total. The molecule has 0 fully saturated rings. The van der Waals surface area contributed by atoms with Crippen molar-refractivity contribution in [3.63, 3.8) is 0 Å². The summed E-state index contributed by atoms with van der Waals surface area (Å²) in [5.74, 6) is -1.07. The largest absolute Gasteiger partial charge is 0.337 e. The smallest absolute Gasteiger partial charge is 0.255 e. The van der Waals surface area contributed by atoms with Crippen molar-refractivity contribution in [2.75, 3.05) is 13.3 Å². The van der Waals surface area contributed by atoms with Gasteiger partial charge in [-0.2, -0.15) is 0 Å². The van der Waals surface area contributed by atoms with Crippen molar-refractivity contribution in [1.29, 1.82) is 0 Å². The van der Waals surface area contributed by atoms with Crippen LogP contribution in [0.15, 0.2) is 41.3 Å². The van der Waals surface area contributed by atoms with Gasteiger partial charge in [0.15, 0.2) is 9.84 Å². The van der Waals surface area contributed by atoms with Gasteiger partial charge in [-0.25, -0.2) is 12.8 Å². The molecule has 0 saturated heterocycles. The highest BCUT2D eigenvalue weighted by Gasteiger charge is 2.20. The number of amides is 1. The molecule has 128 valence electrons. The Bertz CT molecular complexity index is 880. The number of nitrogens with zero attached hydrogens (tertiary/aromatic N) is 1. The lowest BCUT2D eigenvalue weighted by molar-refractivity contribution is 0.0784. The van der Waals surface area contributed by atoms with Crippen LogP contribution in [0.4, 0.5) is 4.39 Å². The van der Waals surface area contributed by atoms with Crippen molar-refractivity contribution in [2.45, 2.75) is 11.4 Å². The summed E-state index contributed by atoms with van der Waals surface area (Å²) in [6, 6.07) is 8.11. The van der Waals surface area contributed by atoms with Crippen molar-refractivity contribution in [3.8, 4) is 0 Å². The van der Waals surface area contributed by atoms with Crippen LogP contribution in [0.25, 0.3) is 0 Å². The van der Waals surface area contributed by atoms with Gasteiger partial charge in [0.05, 0.1) is 15.5 Å². The normalized spacial score (nSPS) is 11.4. The maximum absolute atomic E-state index is 13.8. The number of carbonyl (C=O) groups is 1. The molecule has 2 aromatic carbocycles. The quantitative estimate of drug-likeness (QED) is 0.798. The monoisotopic (exact) mass is 389 g/mol. The minimum atomic E-state index is -3.48. The Morgan fingerprint density at radius 1 is 1.17 bits per heavy atom. The van der Waals surface area contributed by atoms with E-state index in [0.717, 1.165) is 6.26 Å². The van der Waals surface area contributed by atoms with Crippen LogP contribution in [0.5, 0.6) is 0 Å². The summed E-state index contributed by atoms with van der Waals surface area (Å²) in [6.45, 7) is -0.0796. The molecule has 0 atom stereocenters. The van der Waals surface area contributed by atoms with Crippen molar-refractivity contribution in [1.82, 2.24) is 4.90 Å². The van der Waals surface area contributed by atoms with Crippen LogP contribution in [0.1, 0.15) is 15.9 Å². The SMILES string of the molecule is CN(Cc1c(F)cccc1Cl)C(=O)c1cc(S(C)(=O)=O)ccc1Cl. The van der Waals surface area contributed by atoms with E-state index < -0.39 is 21.6 Å². The van der Waals surface area contributed by atoms with Gasteiger partial charge in [-0.1, -0.05) is 29.3 Å². The van der Waals surface area contributed by atoms with Crippen LogP contribution in [-0.4, -0.2) is 32.5 Å². The van der Waals surface area contributed by atoms with E-state index in [1.54, 1.807) is 0 Å². The molecule has 0 aliphatic heterocycles. The third-order valence-electron chi connectivity index (χ3n) is 3.40. The molecule has 0 aliphatic rings. The number of halogens is 3. The maximum atomic E-state index is 13.8. The maximum Gasteiger partial charge on any atom is 0.255 e. The lowest BCUT2D eigenvalue weighted by Gasteiger charge is -2.19.